The third kappa shape index (κ3) is 4.06. The summed E-state index contributed by atoms with van der Waals surface area (Å²) in [5, 5.41) is 10.8. The van der Waals surface area contributed by atoms with Gasteiger partial charge in [0.05, 0.1) is 18.6 Å². The van der Waals surface area contributed by atoms with Crippen molar-refractivity contribution in [1.29, 1.82) is 0 Å². The van der Waals surface area contributed by atoms with Crippen LogP contribution >= 0.6 is 11.6 Å². The second kappa shape index (κ2) is 7.38. The summed E-state index contributed by atoms with van der Waals surface area (Å²) in [5.41, 5.74) is 1.69. The van der Waals surface area contributed by atoms with Crippen LogP contribution in [0.25, 0.3) is 0 Å². The van der Waals surface area contributed by atoms with Crippen LogP contribution in [0.1, 0.15) is 36.6 Å². The molecule has 2 unspecified atom stereocenters. The number of hydrogen-bond acceptors (Lipinski definition) is 3. The molecule has 116 valence electrons. The first-order valence-electron chi connectivity index (χ1n) is 7.08. The van der Waals surface area contributed by atoms with Crippen LogP contribution in [0.5, 0.6) is 0 Å². The lowest BCUT2D eigenvalue weighted by atomic mass is 10.0. The first-order valence-corrected chi connectivity index (χ1v) is 7.46. The van der Waals surface area contributed by atoms with Crippen LogP contribution in [-0.4, -0.2) is 27.9 Å². The molecule has 0 saturated carbocycles. The van der Waals surface area contributed by atoms with E-state index in [1.54, 1.807) is 48.6 Å². The van der Waals surface area contributed by atoms with Crippen molar-refractivity contribution >= 4 is 17.5 Å². The predicted octanol–water partition coefficient (Wildman–Crippen LogP) is 3.38. The van der Waals surface area contributed by atoms with Crippen molar-refractivity contribution in [2.75, 3.05) is 7.05 Å². The molecule has 4 nitrogen and oxygen atoms in total. The number of aromatic nitrogens is 1. The van der Waals surface area contributed by atoms with E-state index < -0.39 is 6.10 Å². The molecule has 0 aliphatic rings. The molecule has 2 rings (SSSR count). The van der Waals surface area contributed by atoms with Gasteiger partial charge in [-0.1, -0.05) is 23.7 Å². The molecule has 0 saturated heterocycles. The highest BCUT2D eigenvalue weighted by atomic mass is 35.5. The molecule has 2 aromatic rings. The first kappa shape index (κ1) is 16.5. The fourth-order valence-corrected chi connectivity index (χ4v) is 2.32. The predicted molar refractivity (Wildman–Crippen MR) is 86.5 cm³/mol. The normalized spacial score (nSPS) is 13.5. The zero-order chi connectivity index (χ0) is 16.1. The van der Waals surface area contributed by atoms with Gasteiger partial charge in [0.25, 0.3) is 0 Å². The lowest BCUT2D eigenvalue weighted by Gasteiger charge is -2.26. The maximum atomic E-state index is 12.3. The van der Waals surface area contributed by atoms with Gasteiger partial charge in [0.15, 0.2) is 0 Å². The summed E-state index contributed by atoms with van der Waals surface area (Å²) >= 11 is 5.82. The maximum Gasteiger partial charge on any atom is 0.225 e. The summed E-state index contributed by atoms with van der Waals surface area (Å²) in [5.74, 6) is -0.119. The summed E-state index contributed by atoms with van der Waals surface area (Å²) in [4.78, 5) is 17.9. The summed E-state index contributed by atoms with van der Waals surface area (Å²) in [6.07, 6.45) is 2.60. The fourth-order valence-electron chi connectivity index (χ4n) is 2.19. The van der Waals surface area contributed by atoms with Crippen LogP contribution in [0, 0.1) is 0 Å². The molecule has 1 amide bonds. The molecule has 1 heterocycles. The van der Waals surface area contributed by atoms with Gasteiger partial charge in [-0.3, -0.25) is 9.78 Å². The molecule has 0 aliphatic heterocycles. The Morgan fingerprint density at radius 2 is 1.77 bits per heavy atom. The Balaban J connectivity index is 2.00. The van der Waals surface area contributed by atoms with E-state index in [-0.39, 0.29) is 18.4 Å². The molecule has 0 spiro atoms. The standard InChI is InChI=1S/C17H19ClN2O2/c1-12(13-7-9-19-10-8-13)20(2)17(22)11-16(21)14-3-5-15(18)6-4-14/h3-10,12,16,21H,11H2,1-2H3. The number of nitrogens with zero attached hydrogens (tertiary/aromatic N) is 2. The van der Waals surface area contributed by atoms with E-state index in [4.69, 9.17) is 11.6 Å². The van der Waals surface area contributed by atoms with Gasteiger partial charge in [-0.2, -0.15) is 0 Å². The number of hydrogen-bond donors (Lipinski definition) is 1. The zero-order valence-corrected chi connectivity index (χ0v) is 13.4. The van der Waals surface area contributed by atoms with Crippen LogP contribution in [0.3, 0.4) is 0 Å². The third-order valence-electron chi connectivity index (χ3n) is 3.79. The quantitative estimate of drug-likeness (QED) is 0.919. The van der Waals surface area contributed by atoms with Crippen molar-refractivity contribution < 1.29 is 9.90 Å². The van der Waals surface area contributed by atoms with Crippen LogP contribution in [-0.2, 0) is 4.79 Å². The highest BCUT2D eigenvalue weighted by Gasteiger charge is 2.21. The highest BCUT2D eigenvalue weighted by Crippen LogP contribution is 2.23. The molecule has 1 N–H and O–H groups in total. The second-order valence-electron chi connectivity index (χ2n) is 5.23. The van der Waals surface area contributed by atoms with Crippen LogP contribution in [0.15, 0.2) is 48.8 Å². The van der Waals surface area contributed by atoms with Crippen molar-refractivity contribution in [1.82, 2.24) is 9.88 Å². The molecule has 2 atom stereocenters. The number of halogens is 1. The van der Waals surface area contributed by atoms with E-state index in [0.717, 1.165) is 5.56 Å². The molecule has 0 radical (unpaired) electrons. The highest BCUT2D eigenvalue weighted by molar-refractivity contribution is 6.30. The molecule has 0 bridgehead atoms. The maximum absolute atomic E-state index is 12.3. The lowest BCUT2D eigenvalue weighted by molar-refractivity contribution is -0.134. The molecule has 0 aliphatic carbocycles. The molecule has 0 fully saturated rings. The zero-order valence-electron chi connectivity index (χ0n) is 12.6. The molecular formula is C17H19ClN2O2. The minimum absolute atomic E-state index is 0.0353. The van der Waals surface area contributed by atoms with Gasteiger partial charge in [-0.15, -0.1) is 0 Å². The molecular weight excluding hydrogens is 300 g/mol. The number of aliphatic hydroxyl groups excluding tert-OH is 1. The third-order valence-corrected chi connectivity index (χ3v) is 4.04. The van der Waals surface area contributed by atoms with Gasteiger partial charge >= 0.3 is 0 Å². The van der Waals surface area contributed by atoms with Gasteiger partial charge in [0, 0.05) is 24.5 Å². The summed E-state index contributed by atoms with van der Waals surface area (Å²) in [7, 11) is 1.74. The average molecular weight is 319 g/mol. The number of amides is 1. The van der Waals surface area contributed by atoms with Crippen molar-refractivity contribution in [3.05, 3.63) is 64.9 Å². The number of carbonyl (C=O) groups excluding carboxylic acids is 1. The van der Waals surface area contributed by atoms with Crippen LogP contribution < -0.4 is 0 Å². The van der Waals surface area contributed by atoms with Crippen molar-refractivity contribution in [2.24, 2.45) is 0 Å². The number of rotatable bonds is 5. The fraction of sp³-hybridized carbons (Fsp3) is 0.294. The van der Waals surface area contributed by atoms with Crippen molar-refractivity contribution in [3.8, 4) is 0 Å². The molecule has 1 aromatic heterocycles. The Labute approximate surface area is 135 Å². The average Bonchev–Trinajstić information content (AvgIpc) is 2.54. The summed E-state index contributed by atoms with van der Waals surface area (Å²) < 4.78 is 0. The molecule has 1 aromatic carbocycles. The summed E-state index contributed by atoms with van der Waals surface area (Å²) in [6, 6.07) is 10.5. The Hall–Kier alpha value is -1.91. The van der Waals surface area contributed by atoms with E-state index in [0.29, 0.717) is 10.6 Å². The Morgan fingerprint density at radius 1 is 1.18 bits per heavy atom. The minimum atomic E-state index is -0.836. The van der Waals surface area contributed by atoms with Crippen LogP contribution in [0.4, 0.5) is 0 Å². The molecule has 5 heteroatoms. The van der Waals surface area contributed by atoms with E-state index in [9.17, 15) is 9.90 Å². The van der Waals surface area contributed by atoms with Gasteiger partial charge in [-0.05, 0) is 42.3 Å². The SMILES string of the molecule is CC(c1ccncc1)N(C)C(=O)CC(O)c1ccc(Cl)cc1. The number of pyridine rings is 1. The largest absolute Gasteiger partial charge is 0.388 e. The van der Waals surface area contributed by atoms with E-state index in [1.807, 2.05) is 19.1 Å². The van der Waals surface area contributed by atoms with E-state index >= 15 is 0 Å². The lowest BCUT2D eigenvalue weighted by Crippen LogP contribution is -2.30. The Kier molecular flexibility index (Phi) is 5.52. The Morgan fingerprint density at radius 3 is 2.36 bits per heavy atom. The van der Waals surface area contributed by atoms with Gasteiger partial charge in [0.1, 0.15) is 0 Å². The van der Waals surface area contributed by atoms with E-state index in [2.05, 4.69) is 4.98 Å². The summed E-state index contributed by atoms with van der Waals surface area (Å²) in [6.45, 7) is 1.95. The minimum Gasteiger partial charge on any atom is -0.388 e. The topological polar surface area (TPSA) is 53.4 Å². The van der Waals surface area contributed by atoms with Gasteiger partial charge < -0.3 is 10.0 Å². The monoisotopic (exact) mass is 318 g/mol. The smallest absolute Gasteiger partial charge is 0.225 e. The van der Waals surface area contributed by atoms with E-state index in [1.165, 1.54) is 0 Å². The van der Waals surface area contributed by atoms with Crippen LogP contribution in [0.2, 0.25) is 5.02 Å². The van der Waals surface area contributed by atoms with Gasteiger partial charge in [0.2, 0.25) is 5.91 Å². The first-order chi connectivity index (χ1) is 10.5. The number of carbonyl (C=O) groups is 1. The Bertz CT molecular complexity index is 616. The van der Waals surface area contributed by atoms with Crippen molar-refractivity contribution in [2.45, 2.75) is 25.5 Å². The van der Waals surface area contributed by atoms with Gasteiger partial charge in [-0.25, -0.2) is 0 Å². The number of aliphatic hydroxyl groups is 1. The van der Waals surface area contributed by atoms with Crippen molar-refractivity contribution in [3.63, 3.8) is 0 Å². The number of benzene rings is 1. The second-order valence-corrected chi connectivity index (χ2v) is 5.67. The molecule has 22 heavy (non-hydrogen) atoms.